The van der Waals surface area contributed by atoms with E-state index in [1.165, 1.54) is 122 Å². The Bertz CT molecular complexity index is 1520. The van der Waals surface area contributed by atoms with Crippen LogP contribution in [0.3, 0.4) is 0 Å². The highest BCUT2D eigenvalue weighted by Gasteiger charge is 2.50. The van der Waals surface area contributed by atoms with Crippen LogP contribution in [-0.2, 0) is 42.9 Å². The molecule has 6 unspecified atom stereocenters. The Morgan fingerprint density at radius 3 is 1.25 bits per heavy atom. The zero-order valence-electron chi connectivity index (χ0n) is 49.2. The van der Waals surface area contributed by atoms with E-state index in [2.05, 4.69) is 69.4 Å². The maximum absolute atomic E-state index is 13.2. The number of unbranched alkanes of at least 4 members (excludes halogenated alkanes) is 32. The fraction of sp³-hybridized carbons (Fsp3) is 0.815. The van der Waals surface area contributed by atoms with Gasteiger partial charge in [0.25, 0.3) is 0 Å². The monoisotopic (exact) mass is 1090 g/mol. The average molecular weight is 1090 g/mol. The van der Waals surface area contributed by atoms with E-state index in [-0.39, 0.29) is 25.9 Å². The molecule has 0 spiro atoms. The Morgan fingerprint density at radius 2 is 0.805 bits per heavy atom. The van der Waals surface area contributed by atoms with Crippen molar-refractivity contribution < 1.29 is 58.2 Å². The number of hydrogen-bond acceptors (Lipinski definition) is 11. The number of carboxylic acid groups (broad SMARTS) is 1. The lowest BCUT2D eigenvalue weighted by molar-refractivity contribution is -0.301. The Balaban J connectivity index is 2.67. The summed E-state index contributed by atoms with van der Waals surface area (Å²) in [5.74, 6) is -3.12. The van der Waals surface area contributed by atoms with Gasteiger partial charge in [0.05, 0.1) is 6.61 Å². The van der Waals surface area contributed by atoms with Crippen LogP contribution in [0.4, 0.5) is 0 Å². The number of hydrogen-bond donors (Lipinski definition) is 3. The fourth-order valence-electron chi connectivity index (χ4n) is 9.50. The van der Waals surface area contributed by atoms with Crippen LogP contribution in [-0.4, -0.2) is 89.2 Å². The number of ether oxygens (including phenoxy) is 5. The van der Waals surface area contributed by atoms with Crippen LogP contribution < -0.4 is 0 Å². The third-order valence-corrected chi connectivity index (χ3v) is 14.4. The SMILES string of the molecule is CCC/C=C\C/C=C\CCCCCCCC(=O)OC1C(OCC(COC(=O)CCCCCCCCC/C=C\C/C=C\CCCCC)OC(=O)CCCCCCCCCCCCCCCCCCC)OC(C(=O)O)C(O)C1O. The molecule has 0 amide bonds. The predicted octanol–water partition coefficient (Wildman–Crippen LogP) is 16.6. The molecule has 0 saturated carbocycles. The van der Waals surface area contributed by atoms with Gasteiger partial charge in [-0.1, -0.05) is 243 Å². The molecule has 0 aromatic carbocycles. The van der Waals surface area contributed by atoms with Gasteiger partial charge in [0.2, 0.25) is 0 Å². The predicted molar refractivity (Wildman–Crippen MR) is 312 cm³/mol. The third kappa shape index (κ3) is 43.2. The van der Waals surface area contributed by atoms with Gasteiger partial charge >= 0.3 is 23.9 Å². The number of aliphatic hydroxyl groups excluding tert-OH is 2. The fourth-order valence-corrected chi connectivity index (χ4v) is 9.50. The van der Waals surface area contributed by atoms with Gasteiger partial charge in [-0.2, -0.15) is 0 Å². The number of esters is 3. The van der Waals surface area contributed by atoms with E-state index in [4.69, 9.17) is 23.7 Å². The molecule has 0 aromatic rings. The number of carbonyl (C=O) groups excluding carboxylic acids is 3. The van der Waals surface area contributed by atoms with Gasteiger partial charge in [0.15, 0.2) is 24.6 Å². The number of aliphatic carboxylic acids is 1. The van der Waals surface area contributed by atoms with E-state index in [9.17, 15) is 34.5 Å². The van der Waals surface area contributed by atoms with Crippen LogP contribution in [0.25, 0.3) is 0 Å². The lowest BCUT2D eigenvalue weighted by Gasteiger charge is -2.40. The number of carboxylic acids is 1. The summed E-state index contributed by atoms with van der Waals surface area (Å²) in [7, 11) is 0. The zero-order valence-corrected chi connectivity index (χ0v) is 49.2. The van der Waals surface area contributed by atoms with Crippen LogP contribution >= 0.6 is 0 Å². The minimum absolute atomic E-state index is 0.0452. The Hall–Kier alpha value is -3.32. The Morgan fingerprint density at radius 1 is 0.429 bits per heavy atom. The second kappa shape index (κ2) is 53.3. The molecule has 1 saturated heterocycles. The van der Waals surface area contributed by atoms with Crippen molar-refractivity contribution in [3.63, 3.8) is 0 Å². The summed E-state index contributed by atoms with van der Waals surface area (Å²) >= 11 is 0. The molecule has 77 heavy (non-hydrogen) atoms. The first kappa shape index (κ1) is 71.7. The second-order valence-electron chi connectivity index (χ2n) is 21.7. The van der Waals surface area contributed by atoms with Crippen LogP contribution in [0, 0.1) is 0 Å². The molecule has 0 bridgehead atoms. The summed E-state index contributed by atoms with van der Waals surface area (Å²) in [6.07, 6.45) is 52.1. The molecule has 12 nitrogen and oxygen atoms in total. The summed E-state index contributed by atoms with van der Waals surface area (Å²) in [6, 6.07) is 0. The summed E-state index contributed by atoms with van der Waals surface area (Å²) < 4.78 is 28.5. The molecule has 1 aliphatic heterocycles. The van der Waals surface area contributed by atoms with Crippen molar-refractivity contribution >= 4 is 23.9 Å². The molecule has 3 N–H and O–H groups in total. The van der Waals surface area contributed by atoms with Gasteiger partial charge in [0.1, 0.15) is 18.8 Å². The smallest absolute Gasteiger partial charge is 0.335 e. The van der Waals surface area contributed by atoms with Gasteiger partial charge in [-0.15, -0.1) is 0 Å². The van der Waals surface area contributed by atoms with Crippen LogP contribution in [0.15, 0.2) is 48.6 Å². The van der Waals surface area contributed by atoms with E-state index in [1.54, 1.807) is 0 Å². The molecule has 1 rings (SSSR count). The number of rotatable bonds is 54. The second-order valence-corrected chi connectivity index (χ2v) is 21.7. The average Bonchev–Trinajstić information content (AvgIpc) is 3.42. The van der Waals surface area contributed by atoms with Crippen molar-refractivity contribution in [2.24, 2.45) is 0 Å². The summed E-state index contributed by atoms with van der Waals surface area (Å²) in [6.45, 7) is 5.92. The third-order valence-electron chi connectivity index (χ3n) is 14.4. The Labute approximate surface area is 469 Å². The number of allylic oxidation sites excluding steroid dienone is 8. The van der Waals surface area contributed by atoms with Crippen molar-refractivity contribution in [3.8, 4) is 0 Å². The van der Waals surface area contributed by atoms with E-state index < -0.39 is 67.3 Å². The normalized spacial score (nSPS) is 18.3. The van der Waals surface area contributed by atoms with Gasteiger partial charge in [-0.3, -0.25) is 14.4 Å². The highest BCUT2D eigenvalue weighted by atomic mass is 16.7. The molecular formula is C65H114O12. The summed E-state index contributed by atoms with van der Waals surface area (Å²) in [5.41, 5.74) is 0. The van der Waals surface area contributed by atoms with E-state index >= 15 is 0 Å². The largest absolute Gasteiger partial charge is 0.479 e. The quantitative estimate of drug-likeness (QED) is 0.0228. The van der Waals surface area contributed by atoms with Crippen molar-refractivity contribution in [3.05, 3.63) is 48.6 Å². The minimum atomic E-state index is -1.91. The van der Waals surface area contributed by atoms with Gasteiger partial charge < -0.3 is 39.0 Å². The molecule has 446 valence electrons. The minimum Gasteiger partial charge on any atom is -0.479 e. The molecular weight excluding hydrogens is 973 g/mol. The maximum Gasteiger partial charge on any atom is 0.335 e. The van der Waals surface area contributed by atoms with Gasteiger partial charge in [-0.25, -0.2) is 4.79 Å². The van der Waals surface area contributed by atoms with E-state index in [0.717, 1.165) is 109 Å². The molecule has 0 radical (unpaired) electrons. The summed E-state index contributed by atoms with van der Waals surface area (Å²) in [5, 5.41) is 31.5. The zero-order chi connectivity index (χ0) is 56.1. The first-order valence-corrected chi connectivity index (χ1v) is 31.6. The van der Waals surface area contributed by atoms with Crippen LogP contribution in [0.2, 0.25) is 0 Å². The summed E-state index contributed by atoms with van der Waals surface area (Å²) in [4.78, 5) is 51.2. The lowest BCUT2D eigenvalue weighted by atomic mass is 9.98. The molecule has 1 aliphatic rings. The highest BCUT2D eigenvalue weighted by Crippen LogP contribution is 2.27. The van der Waals surface area contributed by atoms with Crippen LogP contribution in [0.5, 0.6) is 0 Å². The van der Waals surface area contributed by atoms with Gasteiger partial charge in [0, 0.05) is 19.3 Å². The van der Waals surface area contributed by atoms with E-state index in [0.29, 0.717) is 19.3 Å². The van der Waals surface area contributed by atoms with Crippen molar-refractivity contribution in [1.29, 1.82) is 0 Å². The number of aliphatic hydroxyl groups is 2. The maximum atomic E-state index is 13.2. The Kier molecular flexibility index (Phi) is 49.7. The van der Waals surface area contributed by atoms with E-state index in [1.807, 2.05) is 0 Å². The molecule has 0 aliphatic carbocycles. The standard InChI is InChI=1S/C65H114O12/c1-4-7-10-13-16-19-22-25-27-29-31-34-36-39-42-45-48-51-57(66)73-54-56(75-58(67)52-49-46-43-40-38-35-32-30-28-26-23-20-17-14-11-8-5-2)55-74-65-63(61(70)60(69)62(77-65)64(71)72)76-59(68)53-50-47-44-41-37-33-24-21-18-15-12-9-6-3/h12,15-16,19,21,24-25,27,56,60-63,65,69-70H,4-11,13-14,17-18,20,22-23,26,28-55H2,1-3H3,(H,71,72)/b15-12-,19-16-,24-21-,27-25-. The lowest BCUT2D eigenvalue weighted by Crippen LogP contribution is -2.61. The topological polar surface area (TPSA) is 175 Å². The van der Waals surface area contributed by atoms with Crippen molar-refractivity contribution in [2.75, 3.05) is 13.2 Å². The van der Waals surface area contributed by atoms with Crippen molar-refractivity contribution in [1.82, 2.24) is 0 Å². The van der Waals surface area contributed by atoms with Crippen LogP contribution in [0.1, 0.15) is 290 Å². The highest BCUT2D eigenvalue weighted by molar-refractivity contribution is 5.74. The molecule has 6 atom stereocenters. The molecule has 1 fully saturated rings. The first-order valence-electron chi connectivity index (χ1n) is 31.6. The molecule has 1 heterocycles. The van der Waals surface area contributed by atoms with Gasteiger partial charge in [-0.05, 0) is 77.0 Å². The molecule has 0 aromatic heterocycles. The first-order chi connectivity index (χ1) is 37.6. The van der Waals surface area contributed by atoms with Crippen molar-refractivity contribution in [2.45, 2.75) is 327 Å². The number of carbonyl (C=O) groups is 4. The molecule has 12 heteroatoms.